The van der Waals surface area contributed by atoms with Crippen molar-refractivity contribution in [3.63, 3.8) is 0 Å². The van der Waals surface area contributed by atoms with Gasteiger partial charge < -0.3 is 10.1 Å². The lowest BCUT2D eigenvalue weighted by atomic mass is 10.0. The van der Waals surface area contributed by atoms with Crippen LogP contribution in [0.25, 0.3) is 10.9 Å². The minimum absolute atomic E-state index is 0.210. The molecule has 1 fully saturated rings. The van der Waals surface area contributed by atoms with Gasteiger partial charge in [-0.3, -0.25) is 4.90 Å². The summed E-state index contributed by atoms with van der Waals surface area (Å²) in [6, 6.07) is 10.2. The molecule has 1 aromatic carbocycles. The van der Waals surface area contributed by atoms with Crippen LogP contribution in [0.3, 0.4) is 0 Å². The van der Waals surface area contributed by atoms with Gasteiger partial charge in [0.2, 0.25) is 0 Å². The van der Waals surface area contributed by atoms with Crippen LogP contribution in [0.5, 0.6) is 0 Å². The number of nitriles is 1. The van der Waals surface area contributed by atoms with Crippen molar-refractivity contribution < 1.29 is 5.11 Å². The summed E-state index contributed by atoms with van der Waals surface area (Å²) in [7, 11) is 0. The molecule has 1 aliphatic rings. The fourth-order valence-corrected chi connectivity index (χ4v) is 2.81. The van der Waals surface area contributed by atoms with E-state index in [9.17, 15) is 10.4 Å². The number of piperidine rings is 1. The van der Waals surface area contributed by atoms with Gasteiger partial charge in [-0.05, 0) is 18.9 Å². The zero-order valence-corrected chi connectivity index (χ0v) is 10.7. The molecule has 1 aromatic heterocycles. The second-order valence-electron chi connectivity index (χ2n) is 5.09. The van der Waals surface area contributed by atoms with E-state index in [-0.39, 0.29) is 12.1 Å². The molecule has 1 saturated heterocycles. The Bertz CT molecular complexity index is 605. The van der Waals surface area contributed by atoms with Crippen molar-refractivity contribution in [2.24, 2.45) is 0 Å². The molecule has 4 heteroatoms. The minimum Gasteiger partial charge on any atom is -0.393 e. The molecule has 0 bridgehead atoms. The molecule has 0 aliphatic carbocycles. The second-order valence-corrected chi connectivity index (χ2v) is 5.09. The molecule has 2 N–H and O–H groups in total. The highest BCUT2D eigenvalue weighted by molar-refractivity contribution is 5.83. The third-order valence-corrected chi connectivity index (χ3v) is 3.90. The highest BCUT2D eigenvalue weighted by Gasteiger charge is 2.26. The smallest absolute Gasteiger partial charge is 0.125 e. The van der Waals surface area contributed by atoms with Crippen molar-refractivity contribution >= 4 is 10.9 Å². The maximum atomic E-state index is 9.57. The van der Waals surface area contributed by atoms with Crippen molar-refractivity contribution in [2.75, 3.05) is 13.1 Å². The Morgan fingerprint density at radius 2 is 2.05 bits per heavy atom. The van der Waals surface area contributed by atoms with Crippen LogP contribution in [0.15, 0.2) is 30.5 Å². The Morgan fingerprint density at radius 1 is 1.32 bits per heavy atom. The van der Waals surface area contributed by atoms with Crippen LogP contribution in [-0.4, -0.2) is 34.2 Å². The molecule has 0 saturated carbocycles. The van der Waals surface area contributed by atoms with Crippen LogP contribution in [-0.2, 0) is 0 Å². The molecule has 4 nitrogen and oxygen atoms in total. The quantitative estimate of drug-likeness (QED) is 0.864. The molecular formula is C15H17N3O. The number of aromatic amines is 1. The Labute approximate surface area is 112 Å². The summed E-state index contributed by atoms with van der Waals surface area (Å²) in [6.07, 6.45) is 3.23. The van der Waals surface area contributed by atoms with Crippen molar-refractivity contribution in [1.82, 2.24) is 9.88 Å². The van der Waals surface area contributed by atoms with E-state index in [0.29, 0.717) is 0 Å². The van der Waals surface area contributed by atoms with Gasteiger partial charge in [-0.2, -0.15) is 5.26 Å². The first-order chi connectivity index (χ1) is 9.29. The van der Waals surface area contributed by atoms with Crippen molar-refractivity contribution in [3.05, 3.63) is 36.0 Å². The third-order valence-electron chi connectivity index (χ3n) is 3.90. The van der Waals surface area contributed by atoms with Crippen LogP contribution in [0.4, 0.5) is 0 Å². The molecular weight excluding hydrogens is 238 g/mol. The topological polar surface area (TPSA) is 63.0 Å². The highest BCUT2D eigenvalue weighted by Crippen LogP contribution is 2.29. The van der Waals surface area contributed by atoms with Gasteiger partial charge >= 0.3 is 0 Å². The standard InChI is InChI=1S/C15H17N3O/c16-9-15(18-7-5-11(19)6-8-18)13-10-17-14-4-2-1-3-12(13)14/h1-4,10-11,15,17,19H,5-8H2. The number of aromatic nitrogens is 1. The number of aliphatic hydroxyl groups excluding tert-OH is 1. The summed E-state index contributed by atoms with van der Waals surface area (Å²) in [5.41, 5.74) is 2.10. The number of rotatable bonds is 2. The third kappa shape index (κ3) is 2.23. The monoisotopic (exact) mass is 255 g/mol. The Hall–Kier alpha value is -1.83. The molecule has 3 rings (SSSR count). The normalized spacial score (nSPS) is 19.4. The number of hydrogen-bond acceptors (Lipinski definition) is 3. The van der Waals surface area contributed by atoms with Gasteiger partial charge in [0.1, 0.15) is 6.04 Å². The number of H-pyrrole nitrogens is 1. The van der Waals surface area contributed by atoms with E-state index in [1.54, 1.807) is 0 Å². The molecule has 2 aromatic rings. The van der Waals surface area contributed by atoms with Crippen LogP contribution >= 0.6 is 0 Å². The van der Waals surface area contributed by atoms with Gasteiger partial charge in [0, 0.05) is 35.8 Å². The number of benzene rings is 1. The van der Waals surface area contributed by atoms with Crippen LogP contribution in [0.1, 0.15) is 24.4 Å². The van der Waals surface area contributed by atoms with E-state index in [2.05, 4.69) is 16.0 Å². The van der Waals surface area contributed by atoms with E-state index in [4.69, 9.17) is 0 Å². The molecule has 1 aliphatic heterocycles. The molecule has 1 atom stereocenters. The van der Waals surface area contributed by atoms with Gasteiger partial charge in [-0.1, -0.05) is 18.2 Å². The summed E-state index contributed by atoms with van der Waals surface area (Å²) in [5.74, 6) is 0. The van der Waals surface area contributed by atoms with Gasteiger partial charge in [0.25, 0.3) is 0 Å². The SMILES string of the molecule is N#CC(c1c[nH]c2ccccc12)N1CCC(O)CC1. The number of fused-ring (bicyclic) bond motifs is 1. The van der Waals surface area contributed by atoms with E-state index in [0.717, 1.165) is 42.4 Å². The first-order valence-corrected chi connectivity index (χ1v) is 6.67. The van der Waals surface area contributed by atoms with Gasteiger partial charge in [-0.15, -0.1) is 0 Å². The molecule has 2 heterocycles. The van der Waals surface area contributed by atoms with E-state index >= 15 is 0 Å². The predicted octanol–water partition coefficient (Wildman–Crippen LogP) is 2.19. The van der Waals surface area contributed by atoms with E-state index in [1.165, 1.54) is 0 Å². The summed E-state index contributed by atoms with van der Waals surface area (Å²) in [6.45, 7) is 1.55. The second kappa shape index (κ2) is 5.04. The molecule has 0 radical (unpaired) electrons. The average Bonchev–Trinajstić information content (AvgIpc) is 2.86. The van der Waals surface area contributed by atoms with Gasteiger partial charge in [0.15, 0.2) is 0 Å². The van der Waals surface area contributed by atoms with Crippen LogP contribution < -0.4 is 0 Å². The number of nitrogens with zero attached hydrogens (tertiary/aromatic N) is 2. The van der Waals surface area contributed by atoms with Crippen molar-refractivity contribution in [1.29, 1.82) is 5.26 Å². The zero-order chi connectivity index (χ0) is 13.2. The maximum Gasteiger partial charge on any atom is 0.125 e. The first kappa shape index (κ1) is 12.2. The summed E-state index contributed by atoms with van der Waals surface area (Å²) in [4.78, 5) is 5.38. The summed E-state index contributed by atoms with van der Waals surface area (Å²) >= 11 is 0. The van der Waals surface area contributed by atoms with Crippen LogP contribution in [0, 0.1) is 11.3 Å². The maximum absolute atomic E-state index is 9.57. The first-order valence-electron chi connectivity index (χ1n) is 6.67. The number of hydrogen-bond donors (Lipinski definition) is 2. The van der Waals surface area contributed by atoms with E-state index in [1.807, 2.05) is 30.5 Å². The molecule has 0 spiro atoms. The Morgan fingerprint density at radius 3 is 2.79 bits per heavy atom. The van der Waals surface area contributed by atoms with Crippen LogP contribution in [0.2, 0.25) is 0 Å². The lowest BCUT2D eigenvalue weighted by molar-refractivity contribution is 0.0719. The van der Waals surface area contributed by atoms with Gasteiger partial charge in [0.05, 0.1) is 12.2 Å². The highest BCUT2D eigenvalue weighted by atomic mass is 16.3. The molecule has 98 valence electrons. The number of likely N-dealkylation sites (tertiary alicyclic amines) is 1. The van der Waals surface area contributed by atoms with Gasteiger partial charge in [-0.25, -0.2) is 0 Å². The Balaban J connectivity index is 1.92. The summed E-state index contributed by atoms with van der Waals surface area (Å²) in [5, 5.41) is 20.2. The molecule has 0 amide bonds. The molecule has 19 heavy (non-hydrogen) atoms. The minimum atomic E-state index is -0.233. The Kier molecular flexibility index (Phi) is 3.24. The summed E-state index contributed by atoms with van der Waals surface area (Å²) < 4.78 is 0. The van der Waals surface area contributed by atoms with E-state index < -0.39 is 0 Å². The average molecular weight is 255 g/mol. The predicted molar refractivity (Wildman–Crippen MR) is 73.5 cm³/mol. The number of para-hydroxylation sites is 1. The molecule has 1 unspecified atom stereocenters. The zero-order valence-electron chi connectivity index (χ0n) is 10.7. The fourth-order valence-electron chi connectivity index (χ4n) is 2.81. The largest absolute Gasteiger partial charge is 0.393 e. The number of nitrogens with one attached hydrogen (secondary N) is 1. The number of aliphatic hydroxyl groups is 1. The van der Waals surface area contributed by atoms with Crippen molar-refractivity contribution in [3.8, 4) is 6.07 Å². The lowest BCUT2D eigenvalue weighted by Crippen LogP contribution is -2.38. The lowest BCUT2D eigenvalue weighted by Gasteiger charge is -2.32. The van der Waals surface area contributed by atoms with Crippen molar-refractivity contribution in [2.45, 2.75) is 25.0 Å². The fraction of sp³-hybridized carbons (Fsp3) is 0.400.